The molecule has 0 saturated heterocycles. The molecular weight excluding hydrogens is 246 g/mol. The molecule has 18 heavy (non-hydrogen) atoms. The average molecular weight is 264 g/mol. The number of rotatable bonds is 3. The first-order chi connectivity index (χ1) is 8.16. The fourth-order valence-corrected chi connectivity index (χ4v) is 1.69. The van der Waals surface area contributed by atoms with E-state index in [1.54, 1.807) is 0 Å². The van der Waals surface area contributed by atoms with Crippen LogP contribution in [0.15, 0.2) is 48.5 Å². The van der Waals surface area contributed by atoms with Crippen LogP contribution in [0, 0.1) is 6.92 Å². The molecule has 0 amide bonds. The third kappa shape index (κ3) is 3.49. The van der Waals surface area contributed by atoms with Crippen molar-refractivity contribution >= 4 is 12.4 Å². The largest absolute Gasteiger partial charge is 0.457 e. The minimum atomic E-state index is 0. The van der Waals surface area contributed by atoms with Gasteiger partial charge in [0.25, 0.3) is 0 Å². The number of para-hydroxylation sites is 1. The van der Waals surface area contributed by atoms with Crippen molar-refractivity contribution in [2.45, 2.75) is 19.9 Å². The number of hydrogen-bond acceptors (Lipinski definition) is 2. The van der Waals surface area contributed by atoms with E-state index in [0.29, 0.717) is 0 Å². The van der Waals surface area contributed by atoms with E-state index >= 15 is 0 Å². The standard InChI is InChI=1S/C15H17NO.ClH/c1-11-10-13(12(2)16)8-9-15(11)17-14-6-4-3-5-7-14;/h3-10,12H,16H2,1-2H3;1H/t12-;/m0./s1. The molecule has 2 aromatic rings. The van der Waals surface area contributed by atoms with Crippen LogP contribution in [0.2, 0.25) is 0 Å². The second kappa shape index (κ2) is 6.43. The maximum Gasteiger partial charge on any atom is 0.130 e. The monoisotopic (exact) mass is 263 g/mol. The quantitative estimate of drug-likeness (QED) is 0.899. The Labute approximate surface area is 114 Å². The predicted molar refractivity (Wildman–Crippen MR) is 77.5 cm³/mol. The van der Waals surface area contributed by atoms with Crippen LogP contribution in [0.4, 0.5) is 0 Å². The number of hydrogen-bond donors (Lipinski definition) is 1. The lowest BCUT2D eigenvalue weighted by molar-refractivity contribution is 0.478. The highest BCUT2D eigenvalue weighted by Gasteiger charge is 2.05. The summed E-state index contributed by atoms with van der Waals surface area (Å²) in [6, 6.07) is 15.9. The molecule has 0 aliphatic carbocycles. The van der Waals surface area contributed by atoms with E-state index in [1.165, 1.54) is 0 Å². The zero-order chi connectivity index (χ0) is 12.3. The van der Waals surface area contributed by atoms with Gasteiger partial charge in [-0.3, -0.25) is 0 Å². The van der Waals surface area contributed by atoms with Gasteiger partial charge in [-0.1, -0.05) is 30.3 Å². The molecule has 0 fully saturated rings. The lowest BCUT2D eigenvalue weighted by Crippen LogP contribution is -2.05. The van der Waals surface area contributed by atoms with Gasteiger partial charge in [0.2, 0.25) is 0 Å². The van der Waals surface area contributed by atoms with Crippen LogP contribution in [0.1, 0.15) is 24.1 Å². The van der Waals surface area contributed by atoms with Gasteiger partial charge in [0.05, 0.1) is 0 Å². The van der Waals surface area contributed by atoms with Gasteiger partial charge in [0, 0.05) is 6.04 Å². The van der Waals surface area contributed by atoms with E-state index in [0.717, 1.165) is 22.6 Å². The topological polar surface area (TPSA) is 35.2 Å². The Morgan fingerprint density at radius 2 is 1.72 bits per heavy atom. The first-order valence-electron chi connectivity index (χ1n) is 5.76. The summed E-state index contributed by atoms with van der Waals surface area (Å²) in [5.74, 6) is 1.73. The van der Waals surface area contributed by atoms with Crippen LogP contribution < -0.4 is 10.5 Å². The summed E-state index contributed by atoms with van der Waals surface area (Å²) >= 11 is 0. The Kier molecular flexibility index (Phi) is 5.20. The van der Waals surface area contributed by atoms with E-state index in [-0.39, 0.29) is 18.4 Å². The number of ether oxygens (including phenoxy) is 1. The van der Waals surface area contributed by atoms with E-state index < -0.39 is 0 Å². The Morgan fingerprint density at radius 1 is 1.06 bits per heavy atom. The molecule has 1 atom stereocenters. The molecule has 2 N–H and O–H groups in total. The van der Waals surface area contributed by atoms with E-state index in [9.17, 15) is 0 Å². The summed E-state index contributed by atoms with van der Waals surface area (Å²) in [5.41, 5.74) is 8.07. The van der Waals surface area contributed by atoms with Crippen molar-refractivity contribution in [1.29, 1.82) is 0 Å². The van der Waals surface area contributed by atoms with Crippen LogP contribution in [0.3, 0.4) is 0 Å². The second-order valence-electron chi connectivity index (χ2n) is 4.23. The number of halogens is 1. The number of aryl methyl sites for hydroxylation is 1. The molecule has 0 aliphatic heterocycles. The zero-order valence-corrected chi connectivity index (χ0v) is 11.4. The molecule has 2 rings (SSSR count). The van der Waals surface area contributed by atoms with Gasteiger partial charge in [-0.25, -0.2) is 0 Å². The van der Waals surface area contributed by atoms with Gasteiger partial charge in [0.15, 0.2) is 0 Å². The molecule has 0 saturated carbocycles. The first-order valence-corrected chi connectivity index (χ1v) is 5.76. The van der Waals surface area contributed by atoms with E-state index in [1.807, 2.05) is 56.3 Å². The molecule has 0 aliphatic rings. The molecule has 96 valence electrons. The maximum absolute atomic E-state index is 5.84. The summed E-state index contributed by atoms with van der Waals surface area (Å²) in [5, 5.41) is 0. The summed E-state index contributed by atoms with van der Waals surface area (Å²) in [4.78, 5) is 0. The minimum Gasteiger partial charge on any atom is -0.457 e. The highest BCUT2D eigenvalue weighted by molar-refractivity contribution is 5.85. The number of nitrogens with two attached hydrogens (primary N) is 1. The highest BCUT2D eigenvalue weighted by atomic mass is 35.5. The lowest BCUT2D eigenvalue weighted by atomic mass is 10.1. The molecule has 2 aromatic carbocycles. The highest BCUT2D eigenvalue weighted by Crippen LogP contribution is 2.26. The smallest absolute Gasteiger partial charge is 0.130 e. The molecule has 0 heterocycles. The normalized spacial score (nSPS) is 11.5. The molecule has 0 radical (unpaired) electrons. The first kappa shape index (κ1) is 14.6. The van der Waals surface area contributed by atoms with Crippen molar-refractivity contribution in [3.63, 3.8) is 0 Å². The van der Waals surface area contributed by atoms with E-state index in [2.05, 4.69) is 6.07 Å². The summed E-state index contributed by atoms with van der Waals surface area (Å²) in [6.07, 6.45) is 0. The van der Waals surface area contributed by atoms with Crippen LogP contribution in [-0.2, 0) is 0 Å². The van der Waals surface area contributed by atoms with Crippen molar-refractivity contribution in [2.75, 3.05) is 0 Å². The molecule has 0 bridgehead atoms. The van der Waals surface area contributed by atoms with Crippen molar-refractivity contribution in [2.24, 2.45) is 5.73 Å². The van der Waals surface area contributed by atoms with E-state index in [4.69, 9.17) is 10.5 Å². The molecular formula is C15H18ClNO. The van der Waals surface area contributed by atoms with Crippen molar-refractivity contribution < 1.29 is 4.74 Å². The Balaban J connectivity index is 0.00000162. The van der Waals surface area contributed by atoms with Gasteiger partial charge in [0.1, 0.15) is 11.5 Å². The molecule has 0 spiro atoms. The maximum atomic E-state index is 5.84. The molecule has 3 heteroatoms. The fourth-order valence-electron chi connectivity index (χ4n) is 1.69. The Hall–Kier alpha value is -1.51. The van der Waals surface area contributed by atoms with Crippen molar-refractivity contribution in [1.82, 2.24) is 0 Å². The van der Waals surface area contributed by atoms with Crippen LogP contribution >= 0.6 is 12.4 Å². The predicted octanol–water partition coefficient (Wildman–Crippen LogP) is 4.23. The third-order valence-electron chi connectivity index (χ3n) is 2.70. The van der Waals surface area contributed by atoms with Crippen LogP contribution in [0.25, 0.3) is 0 Å². The van der Waals surface area contributed by atoms with Gasteiger partial charge in [-0.2, -0.15) is 0 Å². The Bertz CT molecular complexity index is 497. The summed E-state index contributed by atoms with van der Waals surface area (Å²) in [6.45, 7) is 4.01. The minimum absolute atomic E-state index is 0. The fraction of sp³-hybridized carbons (Fsp3) is 0.200. The lowest BCUT2D eigenvalue weighted by Gasteiger charge is -2.11. The van der Waals surface area contributed by atoms with Crippen molar-refractivity contribution in [3.05, 3.63) is 59.7 Å². The third-order valence-corrected chi connectivity index (χ3v) is 2.70. The van der Waals surface area contributed by atoms with Crippen LogP contribution in [-0.4, -0.2) is 0 Å². The van der Waals surface area contributed by atoms with Crippen LogP contribution in [0.5, 0.6) is 11.5 Å². The zero-order valence-electron chi connectivity index (χ0n) is 10.6. The van der Waals surface area contributed by atoms with Gasteiger partial charge >= 0.3 is 0 Å². The molecule has 0 aromatic heterocycles. The Morgan fingerprint density at radius 3 is 2.28 bits per heavy atom. The summed E-state index contributed by atoms with van der Waals surface area (Å²) in [7, 11) is 0. The van der Waals surface area contributed by atoms with Gasteiger partial charge in [-0.05, 0) is 43.2 Å². The average Bonchev–Trinajstić information content (AvgIpc) is 2.33. The molecule has 2 nitrogen and oxygen atoms in total. The number of benzene rings is 2. The SMILES string of the molecule is Cc1cc([C@H](C)N)ccc1Oc1ccccc1.Cl. The van der Waals surface area contributed by atoms with Crippen molar-refractivity contribution in [3.8, 4) is 11.5 Å². The molecule has 0 unspecified atom stereocenters. The van der Waals surface area contributed by atoms with Gasteiger partial charge in [-0.15, -0.1) is 12.4 Å². The summed E-state index contributed by atoms with van der Waals surface area (Å²) < 4.78 is 5.80. The second-order valence-corrected chi connectivity index (χ2v) is 4.23. The van der Waals surface area contributed by atoms with Gasteiger partial charge < -0.3 is 10.5 Å².